The third kappa shape index (κ3) is 3.97. The highest BCUT2D eigenvalue weighted by atomic mass is 19.1. The Hall–Kier alpha value is -3.99. The molecule has 0 spiro atoms. The van der Waals surface area contributed by atoms with E-state index in [1.807, 2.05) is 37.3 Å². The minimum absolute atomic E-state index is 0.276. The summed E-state index contributed by atoms with van der Waals surface area (Å²) in [5, 5.41) is 0.997. The van der Waals surface area contributed by atoms with E-state index in [-0.39, 0.29) is 5.82 Å². The van der Waals surface area contributed by atoms with Gasteiger partial charge in [-0.1, -0.05) is 31.2 Å². The summed E-state index contributed by atoms with van der Waals surface area (Å²) in [4.78, 5) is 3.60. The van der Waals surface area contributed by atoms with Gasteiger partial charge in [-0.25, -0.2) is 9.37 Å². The predicted octanol–water partition coefficient (Wildman–Crippen LogP) is 7.79. The molecule has 0 aliphatic carbocycles. The van der Waals surface area contributed by atoms with Gasteiger partial charge in [0.05, 0.1) is 6.20 Å². The topological polar surface area (TPSA) is 35.3 Å². The molecule has 3 aromatic carbocycles. The largest absolute Gasteiger partial charge is 0.460 e. The number of pyridine rings is 1. The van der Waals surface area contributed by atoms with Gasteiger partial charge >= 0.3 is 0 Å². The van der Waals surface area contributed by atoms with Gasteiger partial charge in [-0.05, 0) is 71.3 Å². The van der Waals surface area contributed by atoms with E-state index < -0.39 is 5.95 Å². The molecule has 2 heterocycles. The zero-order chi connectivity index (χ0) is 22.1. The number of halogens is 2. The summed E-state index contributed by atoms with van der Waals surface area (Å²) in [6.07, 6.45) is 2.13. The quantitative estimate of drug-likeness (QED) is 0.269. The molecule has 0 saturated heterocycles. The molecule has 5 aromatic rings. The molecular formula is C27H19F2NO2. The first-order valence-corrected chi connectivity index (χ1v) is 10.3. The van der Waals surface area contributed by atoms with E-state index in [1.54, 1.807) is 12.1 Å². The lowest BCUT2D eigenvalue weighted by atomic mass is 9.96. The maximum atomic E-state index is 13.5. The van der Waals surface area contributed by atoms with Gasteiger partial charge in [-0.2, -0.15) is 4.39 Å². The molecule has 0 fully saturated rings. The summed E-state index contributed by atoms with van der Waals surface area (Å²) in [5.41, 5.74) is 4.60. The predicted molar refractivity (Wildman–Crippen MR) is 121 cm³/mol. The van der Waals surface area contributed by atoms with Gasteiger partial charge in [0.25, 0.3) is 0 Å². The Balaban J connectivity index is 1.53. The van der Waals surface area contributed by atoms with E-state index in [0.29, 0.717) is 11.5 Å². The highest BCUT2D eigenvalue weighted by Crippen LogP contribution is 2.36. The van der Waals surface area contributed by atoms with Gasteiger partial charge < -0.3 is 9.15 Å². The van der Waals surface area contributed by atoms with Crippen LogP contribution in [0.25, 0.3) is 33.2 Å². The van der Waals surface area contributed by atoms with Gasteiger partial charge in [0.2, 0.25) is 5.95 Å². The molecule has 0 N–H and O–H groups in total. The van der Waals surface area contributed by atoms with Crippen molar-refractivity contribution in [2.75, 3.05) is 0 Å². The number of aromatic nitrogens is 1. The maximum Gasteiger partial charge on any atom is 0.213 e. The normalized spacial score (nSPS) is 11.1. The Labute approximate surface area is 183 Å². The van der Waals surface area contributed by atoms with E-state index >= 15 is 0 Å². The molecule has 5 heteroatoms. The number of nitrogens with zero attached hydrogens (tertiary/aromatic N) is 1. The standard InChI is InChI=1S/C27H19F2NO2/c1-2-22-14-20-13-19(15-25(27(20)32-22)18-3-7-21(28)8-4-18)17-5-9-23(10-6-17)31-24-11-12-26(29)30-16-24/h3-16H,2H2,1H3. The van der Waals surface area contributed by atoms with E-state index in [9.17, 15) is 8.78 Å². The van der Waals surface area contributed by atoms with Crippen LogP contribution < -0.4 is 4.74 Å². The smallest absolute Gasteiger partial charge is 0.213 e. The SMILES string of the molecule is CCc1cc2cc(-c3ccc(Oc4ccc(F)nc4)cc3)cc(-c3ccc(F)cc3)c2o1. The molecule has 5 rings (SSSR count). The van der Waals surface area contributed by atoms with Crippen molar-refractivity contribution in [1.29, 1.82) is 0 Å². The minimum atomic E-state index is -0.550. The van der Waals surface area contributed by atoms with Crippen molar-refractivity contribution in [3.05, 3.63) is 103 Å². The van der Waals surface area contributed by atoms with Crippen LogP contribution in [-0.4, -0.2) is 4.98 Å². The fraction of sp³-hybridized carbons (Fsp3) is 0.0741. The Morgan fingerprint density at radius 2 is 1.50 bits per heavy atom. The Bertz CT molecular complexity index is 1370. The third-order valence-electron chi connectivity index (χ3n) is 5.29. The number of benzene rings is 3. The summed E-state index contributed by atoms with van der Waals surface area (Å²) in [5.74, 6) is 1.16. The average Bonchev–Trinajstić information content (AvgIpc) is 3.24. The highest BCUT2D eigenvalue weighted by Gasteiger charge is 2.13. The number of hydrogen-bond donors (Lipinski definition) is 0. The minimum Gasteiger partial charge on any atom is -0.460 e. The summed E-state index contributed by atoms with van der Waals surface area (Å²) in [6.45, 7) is 2.05. The molecule has 0 aliphatic heterocycles. The molecule has 0 amide bonds. The van der Waals surface area contributed by atoms with Crippen LogP contribution in [0.5, 0.6) is 11.5 Å². The number of furan rings is 1. The Kier molecular flexibility index (Phi) is 5.15. The molecule has 158 valence electrons. The first kappa shape index (κ1) is 19.9. The van der Waals surface area contributed by atoms with Crippen molar-refractivity contribution in [1.82, 2.24) is 4.98 Å². The first-order chi connectivity index (χ1) is 15.6. The molecular weight excluding hydrogens is 408 g/mol. The number of aryl methyl sites for hydroxylation is 1. The number of rotatable bonds is 5. The van der Waals surface area contributed by atoms with Crippen molar-refractivity contribution < 1.29 is 17.9 Å². The zero-order valence-electron chi connectivity index (χ0n) is 17.3. The van der Waals surface area contributed by atoms with Crippen LogP contribution in [0, 0.1) is 11.8 Å². The number of fused-ring (bicyclic) bond motifs is 1. The van der Waals surface area contributed by atoms with Crippen LogP contribution in [0.3, 0.4) is 0 Å². The summed E-state index contributed by atoms with van der Waals surface area (Å²) in [7, 11) is 0. The van der Waals surface area contributed by atoms with Gasteiger partial charge in [-0.3, -0.25) is 0 Å². The second-order valence-electron chi connectivity index (χ2n) is 7.46. The molecule has 2 aromatic heterocycles. The van der Waals surface area contributed by atoms with E-state index in [0.717, 1.165) is 45.4 Å². The summed E-state index contributed by atoms with van der Waals surface area (Å²) >= 11 is 0. The number of ether oxygens (including phenoxy) is 1. The maximum absolute atomic E-state index is 13.5. The molecule has 0 saturated carbocycles. The molecule has 0 bridgehead atoms. The average molecular weight is 427 g/mol. The van der Waals surface area contributed by atoms with Gasteiger partial charge in [0, 0.05) is 17.4 Å². The van der Waals surface area contributed by atoms with Crippen LogP contribution in [0.2, 0.25) is 0 Å². The molecule has 0 unspecified atom stereocenters. The fourth-order valence-electron chi connectivity index (χ4n) is 3.67. The van der Waals surface area contributed by atoms with Crippen LogP contribution in [0.1, 0.15) is 12.7 Å². The molecule has 32 heavy (non-hydrogen) atoms. The van der Waals surface area contributed by atoms with Gasteiger partial charge in [0.15, 0.2) is 0 Å². The van der Waals surface area contributed by atoms with E-state index in [4.69, 9.17) is 9.15 Å². The zero-order valence-corrected chi connectivity index (χ0v) is 17.3. The lowest BCUT2D eigenvalue weighted by Gasteiger charge is -2.09. The Morgan fingerprint density at radius 3 is 2.19 bits per heavy atom. The molecule has 0 radical (unpaired) electrons. The van der Waals surface area contributed by atoms with Crippen molar-refractivity contribution in [2.45, 2.75) is 13.3 Å². The monoisotopic (exact) mass is 427 g/mol. The highest BCUT2D eigenvalue weighted by molar-refractivity contribution is 5.97. The molecule has 0 atom stereocenters. The lowest BCUT2D eigenvalue weighted by molar-refractivity contribution is 0.474. The third-order valence-corrected chi connectivity index (χ3v) is 5.29. The van der Waals surface area contributed by atoms with Gasteiger partial charge in [0.1, 0.15) is 28.7 Å². The van der Waals surface area contributed by atoms with Crippen LogP contribution in [-0.2, 0) is 6.42 Å². The molecule has 0 aliphatic rings. The van der Waals surface area contributed by atoms with E-state index in [1.165, 1.54) is 30.5 Å². The van der Waals surface area contributed by atoms with E-state index in [2.05, 4.69) is 17.1 Å². The van der Waals surface area contributed by atoms with Gasteiger partial charge in [-0.15, -0.1) is 0 Å². The second kappa shape index (κ2) is 8.27. The van der Waals surface area contributed by atoms with Crippen LogP contribution in [0.4, 0.5) is 8.78 Å². The second-order valence-corrected chi connectivity index (χ2v) is 7.46. The van der Waals surface area contributed by atoms with Crippen LogP contribution >= 0.6 is 0 Å². The lowest BCUT2D eigenvalue weighted by Crippen LogP contribution is -1.88. The molecule has 3 nitrogen and oxygen atoms in total. The number of hydrogen-bond acceptors (Lipinski definition) is 3. The Morgan fingerprint density at radius 1 is 0.781 bits per heavy atom. The summed E-state index contributed by atoms with van der Waals surface area (Å²) < 4.78 is 38.3. The van der Waals surface area contributed by atoms with Crippen molar-refractivity contribution >= 4 is 11.0 Å². The van der Waals surface area contributed by atoms with Crippen LogP contribution in [0.15, 0.2) is 89.5 Å². The fourth-order valence-corrected chi connectivity index (χ4v) is 3.67. The first-order valence-electron chi connectivity index (χ1n) is 10.3. The van der Waals surface area contributed by atoms with Crippen molar-refractivity contribution in [2.24, 2.45) is 0 Å². The van der Waals surface area contributed by atoms with Crippen molar-refractivity contribution in [3.8, 4) is 33.8 Å². The summed E-state index contributed by atoms with van der Waals surface area (Å²) in [6, 6.07) is 23.0. The van der Waals surface area contributed by atoms with Crippen molar-refractivity contribution in [3.63, 3.8) is 0 Å².